The van der Waals surface area contributed by atoms with E-state index in [9.17, 15) is 9.18 Å². The molecule has 0 bridgehead atoms. The molecule has 230 valence electrons. The van der Waals surface area contributed by atoms with Crippen molar-refractivity contribution in [3.63, 3.8) is 0 Å². The largest absolute Gasteiger partial charge is 0.462 e. The average molecular weight is 594 g/mol. The Morgan fingerprint density at radius 2 is 1.88 bits per heavy atom. The van der Waals surface area contributed by atoms with Crippen molar-refractivity contribution in [2.75, 3.05) is 64.5 Å². The molecule has 12 heteroatoms. The van der Waals surface area contributed by atoms with E-state index in [1.165, 1.54) is 5.57 Å². The number of alkyl halides is 1. The number of morpholine rings is 1. The highest BCUT2D eigenvalue weighted by molar-refractivity contribution is 6.00. The van der Waals surface area contributed by atoms with Crippen LogP contribution in [0, 0.1) is 0 Å². The number of hydrogen-bond donors (Lipinski definition) is 2. The molecule has 11 nitrogen and oxygen atoms in total. The molecular weight excluding hydrogens is 553 g/mol. The van der Waals surface area contributed by atoms with E-state index in [1.807, 2.05) is 12.1 Å². The molecule has 1 atom stereocenters. The zero-order chi connectivity index (χ0) is 29.4. The molecule has 4 heterocycles. The van der Waals surface area contributed by atoms with Gasteiger partial charge in [-0.25, -0.2) is 15.0 Å². The number of amides is 1. The van der Waals surface area contributed by atoms with Crippen molar-refractivity contribution >= 4 is 17.6 Å². The topological polar surface area (TPSA) is 113 Å². The Kier molecular flexibility index (Phi) is 9.63. The third kappa shape index (κ3) is 7.80. The number of halogens is 1. The van der Waals surface area contributed by atoms with E-state index in [-0.39, 0.29) is 24.5 Å². The van der Waals surface area contributed by atoms with Gasteiger partial charge in [0, 0.05) is 70.2 Å². The van der Waals surface area contributed by atoms with E-state index in [0.29, 0.717) is 44.0 Å². The van der Waals surface area contributed by atoms with Gasteiger partial charge in [-0.05, 0) is 48.6 Å². The van der Waals surface area contributed by atoms with Gasteiger partial charge in [0.05, 0.1) is 31.1 Å². The maximum absolute atomic E-state index is 13.3. The summed E-state index contributed by atoms with van der Waals surface area (Å²) in [4.78, 5) is 31.1. The van der Waals surface area contributed by atoms with Gasteiger partial charge in [0.2, 0.25) is 0 Å². The van der Waals surface area contributed by atoms with Crippen LogP contribution >= 0.6 is 0 Å². The standard InChI is InChI=1S/C31H40FN7O4/c32-9-1-10-33-29(40)25-19-22(20-38-15-17-41-18-16-38)3-6-26(25)36-28(23-4-5-23)27-21-42-31(37-27)39-13-7-24(8-14-39)43-30-34-11-2-12-35-30/h2-3,6,11-12,19,24,27,36H,1,4-5,7-10,13-18,20-21H2,(H,33,40). The Morgan fingerprint density at radius 1 is 1.09 bits per heavy atom. The quantitative estimate of drug-likeness (QED) is 0.380. The third-order valence-electron chi connectivity index (χ3n) is 8.08. The zero-order valence-corrected chi connectivity index (χ0v) is 24.5. The Morgan fingerprint density at radius 3 is 2.63 bits per heavy atom. The lowest BCUT2D eigenvalue weighted by Crippen LogP contribution is -2.42. The fourth-order valence-electron chi connectivity index (χ4n) is 5.59. The smallest absolute Gasteiger partial charge is 0.316 e. The second-order valence-electron chi connectivity index (χ2n) is 11.3. The summed E-state index contributed by atoms with van der Waals surface area (Å²) in [6.45, 7) is 5.72. The van der Waals surface area contributed by atoms with Gasteiger partial charge < -0.3 is 29.7 Å². The molecule has 3 aliphatic heterocycles. The summed E-state index contributed by atoms with van der Waals surface area (Å²) in [5.41, 5.74) is 4.64. The monoisotopic (exact) mass is 593 g/mol. The summed E-state index contributed by atoms with van der Waals surface area (Å²) in [5.74, 6) is -0.210. The predicted octanol–water partition coefficient (Wildman–Crippen LogP) is 3.16. The van der Waals surface area contributed by atoms with Crippen LogP contribution in [-0.4, -0.2) is 103 Å². The number of carbonyl (C=O) groups excluding carboxylic acids is 1. The fraction of sp³-hybridized carbons (Fsp3) is 0.548. The molecule has 1 aromatic carbocycles. The van der Waals surface area contributed by atoms with E-state index in [1.54, 1.807) is 18.5 Å². The molecular formula is C31H40FN7O4. The van der Waals surface area contributed by atoms with Crippen LogP contribution in [0.2, 0.25) is 0 Å². The Balaban J connectivity index is 1.13. The molecule has 4 aliphatic rings. The second kappa shape index (κ2) is 14.1. The summed E-state index contributed by atoms with van der Waals surface area (Å²) in [7, 11) is 0. The first-order valence-corrected chi connectivity index (χ1v) is 15.3. The number of benzene rings is 1. The lowest BCUT2D eigenvalue weighted by Gasteiger charge is -2.31. The van der Waals surface area contributed by atoms with E-state index in [2.05, 4.69) is 36.5 Å². The number of allylic oxidation sites excluding steroid dienone is 1. The summed E-state index contributed by atoms with van der Waals surface area (Å²) in [6.07, 6.45) is 7.37. The van der Waals surface area contributed by atoms with Crippen LogP contribution in [0.25, 0.3) is 0 Å². The lowest BCUT2D eigenvalue weighted by molar-refractivity contribution is 0.0342. The zero-order valence-electron chi connectivity index (χ0n) is 24.5. The lowest BCUT2D eigenvalue weighted by atomic mass is 10.1. The van der Waals surface area contributed by atoms with Crippen molar-refractivity contribution in [3.05, 3.63) is 59.1 Å². The van der Waals surface area contributed by atoms with Gasteiger partial charge in [0.1, 0.15) is 18.8 Å². The van der Waals surface area contributed by atoms with Gasteiger partial charge in [0.25, 0.3) is 11.9 Å². The van der Waals surface area contributed by atoms with Gasteiger partial charge in [0.15, 0.2) is 0 Å². The number of ether oxygens (including phenoxy) is 3. The average Bonchev–Trinajstić information content (AvgIpc) is 3.77. The molecule has 0 radical (unpaired) electrons. The summed E-state index contributed by atoms with van der Waals surface area (Å²) >= 11 is 0. The van der Waals surface area contributed by atoms with E-state index in [4.69, 9.17) is 19.2 Å². The SMILES string of the molecule is O=C(NCCCF)c1cc(CN2CCOCC2)ccc1NC(=C1CC1)C1COC(N2CCC(Oc3ncccn3)CC2)=N1. The molecule has 2 saturated heterocycles. The van der Waals surface area contributed by atoms with Crippen molar-refractivity contribution in [2.45, 2.75) is 50.8 Å². The molecule has 1 aromatic heterocycles. The number of piperidine rings is 1. The molecule has 43 heavy (non-hydrogen) atoms. The number of amidine groups is 1. The minimum absolute atomic E-state index is 0.0583. The number of aliphatic imine (C=N–C) groups is 1. The number of nitrogens with zero attached hydrogens (tertiary/aromatic N) is 5. The summed E-state index contributed by atoms with van der Waals surface area (Å²) < 4.78 is 30.3. The van der Waals surface area contributed by atoms with Crippen LogP contribution in [0.15, 0.2) is 52.9 Å². The molecule has 6 rings (SSSR count). The Labute approximate surface area is 251 Å². The van der Waals surface area contributed by atoms with E-state index in [0.717, 1.165) is 75.4 Å². The van der Waals surface area contributed by atoms with Gasteiger partial charge in [-0.15, -0.1) is 0 Å². The van der Waals surface area contributed by atoms with Crippen LogP contribution in [0.1, 0.15) is 48.0 Å². The summed E-state index contributed by atoms with van der Waals surface area (Å²) in [6, 6.07) is 8.66. The van der Waals surface area contributed by atoms with Crippen molar-refractivity contribution < 1.29 is 23.4 Å². The van der Waals surface area contributed by atoms with Crippen molar-refractivity contribution in [3.8, 4) is 6.01 Å². The van der Waals surface area contributed by atoms with Gasteiger partial charge >= 0.3 is 6.01 Å². The van der Waals surface area contributed by atoms with E-state index < -0.39 is 6.67 Å². The van der Waals surface area contributed by atoms with Crippen molar-refractivity contribution in [1.82, 2.24) is 25.1 Å². The minimum Gasteiger partial charge on any atom is -0.462 e. The second-order valence-corrected chi connectivity index (χ2v) is 11.3. The van der Waals surface area contributed by atoms with Crippen LogP contribution in [0.4, 0.5) is 10.1 Å². The number of hydrogen-bond acceptors (Lipinski definition) is 10. The van der Waals surface area contributed by atoms with Crippen molar-refractivity contribution in [1.29, 1.82) is 0 Å². The van der Waals surface area contributed by atoms with Gasteiger partial charge in [-0.1, -0.05) is 6.07 Å². The molecule has 0 spiro atoms. The first-order valence-electron chi connectivity index (χ1n) is 15.3. The van der Waals surface area contributed by atoms with Gasteiger partial charge in [-0.3, -0.25) is 14.1 Å². The highest BCUT2D eigenvalue weighted by Gasteiger charge is 2.33. The van der Waals surface area contributed by atoms with Crippen molar-refractivity contribution in [2.24, 2.45) is 4.99 Å². The molecule has 1 aliphatic carbocycles. The first-order chi connectivity index (χ1) is 21.2. The van der Waals surface area contributed by atoms with Crippen LogP contribution < -0.4 is 15.4 Å². The number of aromatic nitrogens is 2. The number of likely N-dealkylation sites (tertiary alicyclic amines) is 1. The molecule has 3 fully saturated rings. The third-order valence-corrected chi connectivity index (χ3v) is 8.08. The number of carbonyl (C=O) groups is 1. The predicted molar refractivity (Wildman–Crippen MR) is 160 cm³/mol. The summed E-state index contributed by atoms with van der Waals surface area (Å²) in [5, 5.41) is 6.47. The highest BCUT2D eigenvalue weighted by atomic mass is 19.1. The van der Waals surface area contributed by atoms with Crippen LogP contribution in [0.5, 0.6) is 6.01 Å². The Bertz CT molecular complexity index is 1300. The molecule has 1 unspecified atom stereocenters. The molecule has 1 saturated carbocycles. The molecule has 1 amide bonds. The van der Waals surface area contributed by atoms with E-state index >= 15 is 0 Å². The highest BCUT2D eigenvalue weighted by Crippen LogP contribution is 2.36. The maximum atomic E-state index is 13.3. The van der Waals surface area contributed by atoms with Crippen LogP contribution in [0.3, 0.4) is 0 Å². The number of rotatable bonds is 11. The number of nitrogens with one attached hydrogen (secondary N) is 2. The normalized spacial score (nSPS) is 20.8. The first kappa shape index (κ1) is 29.3. The maximum Gasteiger partial charge on any atom is 0.316 e. The molecule has 2 aromatic rings. The van der Waals surface area contributed by atoms with Gasteiger partial charge in [-0.2, -0.15) is 0 Å². The Hall–Kier alpha value is -3.77. The molecule has 2 N–H and O–H groups in total. The minimum atomic E-state index is -0.465. The van der Waals surface area contributed by atoms with Crippen LogP contribution in [-0.2, 0) is 16.0 Å². The fourth-order valence-corrected chi connectivity index (χ4v) is 5.59. The number of anilines is 1.